The molecule has 0 aromatic heterocycles. The highest BCUT2D eigenvalue weighted by Crippen LogP contribution is 2.39. The van der Waals surface area contributed by atoms with Gasteiger partial charge in [0.05, 0.1) is 0 Å². The third-order valence-electron chi connectivity index (χ3n) is 2.91. The maximum atomic E-state index is 2.38. The number of rotatable bonds is 0. The normalized spacial score (nSPS) is 43.9. The minimum atomic E-state index is 0.866. The first-order valence-corrected chi connectivity index (χ1v) is 4.23. The number of fused-ring (bicyclic) bond motifs is 1. The van der Waals surface area contributed by atoms with Crippen LogP contribution in [0.15, 0.2) is 24.3 Å². The van der Waals surface area contributed by atoms with Gasteiger partial charge in [0.15, 0.2) is 0 Å². The molecular weight excluding hydrogens is 120 g/mol. The lowest BCUT2D eigenvalue weighted by molar-refractivity contribution is 0.451. The molecule has 54 valence electrons. The number of hydrogen-bond donors (Lipinski definition) is 0. The van der Waals surface area contributed by atoms with Gasteiger partial charge in [-0.3, -0.25) is 0 Å². The van der Waals surface area contributed by atoms with Crippen LogP contribution in [0, 0.1) is 17.8 Å². The zero-order chi connectivity index (χ0) is 6.97. The molecular formula is C10H14. The van der Waals surface area contributed by atoms with Gasteiger partial charge in [-0.15, -0.1) is 0 Å². The molecule has 0 aliphatic heterocycles. The lowest BCUT2D eigenvalue weighted by Crippen LogP contribution is -2.09. The topological polar surface area (TPSA) is 0 Å². The molecule has 0 aromatic rings. The summed E-state index contributed by atoms with van der Waals surface area (Å²) in [6, 6.07) is 0. The van der Waals surface area contributed by atoms with Gasteiger partial charge in [0.1, 0.15) is 0 Å². The molecule has 0 aromatic carbocycles. The Morgan fingerprint density at radius 3 is 2.70 bits per heavy atom. The van der Waals surface area contributed by atoms with Crippen LogP contribution < -0.4 is 0 Å². The molecule has 0 spiro atoms. The molecule has 0 saturated heterocycles. The van der Waals surface area contributed by atoms with Gasteiger partial charge in [-0.2, -0.15) is 0 Å². The van der Waals surface area contributed by atoms with Crippen LogP contribution in [-0.2, 0) is 0 Å². The Hall–Kier alpha value is -0.520. The maximum absolute atomic E-state index is 2.38. The van der Waals surface area contributed by atoms with E-state index in [2.05, 4.69) is 31.2 Å². The highest BCUT2D eigenvalue weighted by molar-refractivity contribution is 5.16. The van der Waals surface area contributed by atoms with Crippen molar-refractivity contribution in [2.45, 2.75) is 19.8 Å². The van der Waals surface area contributed by atoms with Crippen molar-refractivity contribution in [1.29, 1.82) is 0 Å². The summed E-state index contributed by atoms with van der Waals surface area (Å²) in [6.07, 6.45) is 12.0. The summed E-state index contributed by atoms with van der Waals surface area (Å²) in [5, 5.41) is 0. The molecule has 2 unspecified atom stereocenters. The van der Waals surface area contributed by atoms with Gasteiger partial charge in [0.25, 0.3) is 0 Å². The molecule has 0 heterocycles. The van der Waals surface area contributed by atoms with E-state index in [0.717, 1.165) is 17.8 Å². The zero-order valence-electron chi connectivity index (χ0n) is 6.46. The zero-order valence-corrected chi connectivity index (χ0v) is 6.46. The Morgan fingerprint density at radius 1 is 1.10 bits per heavy atom. The summed E-state index contributed by atoms with van der Waals surface area (Å²) in [4.78, 5) is 0. The molecule has 0 amide bonds. The molecule has 10 heavy (non-hydrogen) atoms. The summed E-state index contributed by atoms with van der Waals surface area (Å²) < 4.78 is 0. The third-order valence-corrected chi connectivity index (χ3v) is 2.91. The van der Waals surface area contributed by atoms with Crippen molar-refractivity contribution < 1.29 is 0 Å². The van der Waals surface area contributed by atoms with Crippen molar-refractivity contribution in [2.24, 2.45) is 17.8 Å². The molecule has 0 heteroatoms. The molecule has 2 rings (SSSR count). The monoisotopic (exact) mass is 134 g/mol. The van der Waals surface area contributed by atoms with Crippen molar-refractivity contribution >= 4 is 0 Å². The first kappa shape index (κ1) is 6.21. The van der Waals surface area contributed by atoms with Crippen LogP contribution in [0.2, 0.25) is 0 Å². The molecule has 0 nitrogen and oxygen atoms in total. The summed E-state index contributed by atoms with van der Waals surface area (Å²) >= 11 is 0. The van der Waals surface area contributed by atoms with Crippen LogP contribution >= 0.6 is 0 Å². The molecule has 1 fully saturated rings. The Labute approximate surface area is 62.6 Å². The third kappa shape index (κ3) is 0.828. The number of hydrogen-bond acceptors (Lipinski definition) is 0. The van der Waals surface area contributed by atoms with Crippen LogP contribution in [0.25, 0.3) is 0 Å². The average molecular weight is 134 g/mol. The summed E-state index contributed by atoms with van der Waals surface area (Å²) in [7, 11) is 0. The first-order valence-electron chi connectivity index (χ1n) is 4.23. The lowest BCUT2D eigenvalue weighted by Gasteiger charge is -2.18. The molecule has 3 atom stereocenters. The van der Waals surface area contributed by atoms with E-state index in [-0.39, 0.29) is 0 Å². The van der Waals surface area contributed by atoms with Crippen molar-refractivity contribution in [3.05, 3.63) is 24.3 Å². The molecule has 0 N–H and O–H groups in total. The summed E-state index contributed by atoms with van der Waals surface area (Å²) in [5.74, 6) is 2.66. The Bertz CT molecular complexity index is 176. The van der Waals surface area contributed by atoms with Crippen molar-refractivity contribution in [2.75, 3.05) is 0 Å². The van der Waals surface area contributed by atoms with Crippen molar-refractivity contribution in [3.63, 3.8) is 0 Å². The fourth-order valence-corrected chi connectivity index (χ4v) is 2.22. The molecule has 0 radical (unpaired) electrons. The predicted molar refractivity (Wildman–Crippen MR) is 43.7 cm³/mol. The van der Waals surface area contributed by atoms with Gasteiger partial charge >= 0.3 is 0 Å². The van der Waals surface area contributed by atoms with E-state index in [4.69, 9.17) is 0 Å². The van der Waals surface area contributed by atoms with Gasteiger partial charge in [-0.1, -0.05) is 31.2 Å². The van der Waals surface area contributed by atoms with Crippen molar-refractivity contribution in [3.8, 4) is 0 Å². The van der Waals surface area contributed by atoms with Gasteiger partial charge < -0.3 is 0 Å². The molecule has 0 bridgehead atoms. The van der Waals surface area contributed by atoms with E-state index in [1.165, 1.54) is 12.8 Å². The minimum absolute atomic E-state index is 0.866. The van der Waals surface area contributed by atoms with Gasteiger partial charge in [0, 0.05) is 0 Å². The van der Waals surface area contributed by atoms with Crippen LogP contribution in [0.5, 0.6) is 0 Å². The standard InChI is InChI=1S/C10H14/c1-8-6-7-9-4-2-3-5-10(8)9/h2-5,8-10H,6-7H2,1H3/t8?,9?,10-/m0/s1. The molecule has 1 saturated carbocycles. The maximum Gasteiger partial charge on any atom is -0.0142 e. The van der Waals surface area contributed by atoms with Crippen LogP contribution in [0.3, 0.4) is 0 Å². The fourth-order valence-electron chi connectivity index (χ4n) is 2.22. The Morgan fingerprint density at radius 2 is 1.90 bits per heavy atom. The Balaban J connectivity index is 2.19. The van der Waals surface area contributed by atoms with Crippen LogP contribution in [0.1, 0.15) is 19.8 Å². The van der Waals surface area contributed by atoms with E-state index in [1.54, 1.807) is 0 Å². The minimum Gasteiger partial charge on any atom is -0.0808 e. The van der Waals surface area contributed by atoms with Crippen molar-refractivity contribution in [1.82, 2.24) is 0 Å². The molecule has 2 aliphatic rings. The van der Waals surface area contributed by atoms with Gasteiger partial charge in [0.2, 0.25) is 0 Å². The van der Waals surface area contributed by atoms with Gasteiger partial charge in [-0.05, 0) is 30.6 Å². The second-order valence-electron chi connectivity index (χ2n) is 3.57. The predicted octanol–water partition coefficient (Wildman–Crippen LogP) is 2.77. The largest absolute Gasteiger partial charge is 0.0808 e. The first-order chi connectivity index (χ1) is 4.88. The quantitative estimate of drug-likeness (QED) is 0.478. The van der Waals surface area contributed by atoms with Gasteiger partial charge in [-0.25, -0.2) is 0 Å². The highest BCUT2D eigenvalue weighted by Gasteiger charge is 2.30. The van der Waals surface area contributed by atoms with Crippen LogP contribution in [-0.4, -0.2) is 0 Å². The SMILES string of the molecule is CC1CCC2C=CC=C[C@@H]12. The number of allylic oxidation sites excluding steroid dienone is 4. The van der Waals surface area contributed by atoms with Crippen LogP contribution in [0.4, 0.5) is 0 Å². The van der Waals surface area contributed by atoms with E-state index >= 15 is 0 Å². The fraction of sp³-hybridized carbons (Fsp3) is 0.600. The van der Waals surface area contributed by atoms with E-state index in [1.807, 2.05) is 0 Å². The summed E-state index contributed by atoms with van der Waals surface area (Å²) in [5.41, 5.74) is 0. The van der Waals surface area contributed by atoms with E-state index in [9.17, 15) is 0 Å². The highest BCUT2D eigenvalue weighted by atomic mass is 14.3. The molecule has 2 aliphatic carbocycles. The lowest BCUT2D eigenvalue weighted by atomic mass is 9.87. The average Bonchev–Trinajstić information content (AvgIpc) is 2.34. The van der Waals surface area contributed by atoms with E-state index < -0.39 is 0 Å². The second-order valence-corrected chi connectivity index (χ2v) is 3.57. The second kappa shape index (κ2) is 2.26. The van der Waals surface area contributed by atoms with E-state index in [0.29, 0.717) is 0 Å². The summed E-state index contributed by atoms with van der Waals surface area (Å²) in [6.45, 7) is 2.37. The smallest absolute Gasteiger partial charge is 0.0142 e. The Kier molecular flexibility index (Phi) is 1.40.